The van der Waals surface area contributed by atoms with Gasteiger partial charge in [0.15, 0.2) is 0 Å². The van der Waals surface area contributed by atoms with Crippen molar-refractivity contribution in [3.63, 3.8) is 0 Å². The van der Waals surface area contributed by atoms with Crippen molar-refractivity contribution in [3.8, 4) is 6.07 Å². The van der Waals surface area contributed by atoms with E-state index in [1.807, 2.05) is 6.07 Å². The van der Waals surface area contributed by atoms with Crippen molar-refractivity contribution in [1.82, 2.24) is 10.6 Å². The lowest BCUT2D eigenvalue weighted by Gasteiger charge is -2.04. The second-order valence-electron chi connectivity index (χ2n) is 3.26. The van der Waals surface area contributed by atoms with Crippen LogP contribution >= 0.6 is 11.3 Å². The molecule has 1 aromatic rings. The van der Waals surface area contributed by atoms with E-state index in [9.17, 15) is 4.79 Å². The van der Waals surface area contributed by atoms with E-state index in [1.165, 1.54) is 10.4 Å². The minimum Gasteiger partial charge on any atom is -0.342 e. The molecule has 0 aliphatic heterocycles. The Morgan fingerprint density at radius 3 is 3.12 bits per heavy atom. The first-order valence-electron chi connectivity index (χ1n) is 5.17. The summed E-state index contributed by atoms with van der Waals surface area (Å²) in [7, 11) is 0. The largest absolute Gasteiger partial charge is 0.342 e. The Kier molecular flexibility index (Phi) is 5.54. The average molecular weight is 237 g/mol. The summed E-state index contributed by atoms with van der Waals surface area (Å²) < 4.78 is 0. The molecule has 0 fully saturated rings. The van der Waals surface area contributed by atoms with Crippen LogP contribution in [0.5, 0.6) is 0 Å². The van der Waals surface area contributed by atoms with E-state index in [1.54, 1.807) is 11.3 Å². The van der Waals surface area contributed by atoms with Crippen LogP contribution < -0.4 is 10.6 Å². The van der Waals surface area contributed by atoms with Crippen LogP contribution in [0, 0.1) is 11.3 Å². The van der Waals surface area contributed by atoms with Crippen molar-refractivity contribution in [2.45, 2.75) is 19.9 Å². The highest BCUT2D eigenvalue weighted by Crippen LogP contribution is 2.16. The van der Waals surface area contributed by atoms with E-state index >= 15 is 0 Å². The number of nitriles is 1. The summed E-state index contributed by atoms with van der Waals surface area (Å²) >= 11 is 1.70. The van der Waals surface area contributed by atoms with Gasteiger partial charge in [0.25, 0.3) is 0 Å². The summed E-state index contributed by atoms with van der Waals surface area (Å²) in [5.74, 6) is -0.142. The number of carbonyl (C=O) groups is 1. The molecule has 0 aliphatic rings. The monoisotopic (exact) mass is 237 g/mol. The summed E-state index contributed by atoms with van der Waals surface area (Å²) in [6.45, 7) is 3.15. The number of hydrogen-bond acceptors (Lipinski definition) is 4. The van der Waals surface area contributed by atoms with Gasteiger partial charge < -0.3 is 10.6 Å². The zero-order chi connectivity index (χ0) is 11.8. The van der Waals surface area contributed by atoms with Gasteiger partial charge in [0.05, 0.1) is 12.6 Å². The number of amides is 1. The van der Waals surface area contributed by atoms with Gasteiger partial charge in [-0.25, -0.2) is 0 Å². The van der Waals surface area contributed by atoms with E-state index in [0.29, 0.717) is 6.54 Å². The van der Waals surface area contributed by atoms with Crippen molar-refractivity contribution < 1.29 is 4.79 Å². The molecule has 0 saturated carbocycles. The average Bonchev–Trinajstić information content (AvgIpc) is 2.74. The lowest BCUT2D eigenvalue weighted by Crippen LogP contribution is -2.33. The minimum absolute atomic E-state index is 0.0692. The first kappa shape index (κ1) is 12.7. The van der Waals surface area contributed by atoms with Gasteiger partial charge in [-0.3, -0.25) is 4.79 Å². The zero-order valence-corrected chi connectivity index (χ0v) is 10.1. The molecular formula is C11H15N3OS. The molecule has 1 heterocycles. The standard InChI is InChI=1S/C11H15N3OS/c1-2-9-3-6-16-10(9)7-13-8-11(15)14-5-4-12/h3,6,13H,2,5,7-8H2,1H3,(H,14,15). The topological polar surface area (TPSA) is 64.9 Å². The number of aryl methyl sites for hydroxylation is 1. The lowest BCUT2D eigenvalue weighted by molar-refractivity contribution is -0.120. The molecule has 0 spiro atoms. The molecule has 0 aromatic carbocycles. The van der Waals surface area contributed by atoms with Crippen LogP contribution in [0.15, 0.2) is 11.4 Å². The van der Waals surface area contributed by atoms with Gasteiger partial charge >= 0.3 is 0 Å². The number of carbonyl (C=O) groups excluding carboxylic acids is 1. The van der Waals surface area contributed by atoms with Gasteiger partial charge in [0.2, 0.25) is 5.91 Å². The molecule has 86 valence electrons. The Morgan fingerprint density at radius 1 is 1.62 bits per heavy atom. The molecule has 0 radical (unpaired) electrons. The van der Waals surface area contributed by atoms with E-state index in [0.717, 1.165) is 6.42 Å². The Morgan fingerprint density at radius 2 is 2.44 bits per heavy atom. The molecule has 1 rings (SSSR count). The van der Waals surface area contributed by atoms with Crippen LogP contribution in [0.2, 0.25) is 0 Å². The van der Waals surface area contributed by atoms with Gasteiger partial charge in [-0.05, 0) is 23.4 Å². The van der Waals surface area contributed by atoms with Gasteiger partial charge in [-0.1, -0.05) is 6.92 Å². The Labute approximate surface area is 99.3 Å². The zero-order valence-electron chi connectivity index (χ0n) is 9.25. The van der Waals surface area contributed by atoms with Gasteiger partial charge in [0.1, 0.15) is 6.54 Å². The second kappa shape index (κ2) is 6.99. The summed E-state index contributed by atoms with van der Waals surface area (Å²) in [6.07, 6.45) is 1.02. The molecule has 0 saturated heterocycles. The van der Waals surface area contributed by atoms with Crippen molar-refractivity contribution in [3.05, 3.63) is 21.9 Å². The van der Waals surface area contributed by atoms with Crippen LogP contribution in [0.4, 0.5) is 0 Å². The van der Waals surface area contributed by atoms with Crippen molar-refractivity contribution >= 4 is 17.2 Å². The SMILES string of the molecule is CCc1ccsc1CNCC(=O)NCC#N. The van der Waals surface area contributed by atoms with Gasteiger partial charge in [-0.15, -0.1) is 11.3 Å². The molecule has 0 atom stereocenters. The quantitative estimate of drug-likeness (QED) is 0.727. The highest BCUT2D eigenvalue weighted by Gasteiger charge is 2.03. The van der Waals surface area contributed by atoms with E-state index in [2.05, 4.69) is 29.0 Å². The summed E-state index contributed by atoms with van der Waals surface area (Å²) in [5.41, 5.74) is 1.33. The molecule has 0 unspecified atom stereocenters. The number of thiophene rings is 1. The molecule has 0 aliphatic carbocycles. The Bertz CT molecular complexity index is 381. The third-order valence-corrected chi connectivity index (χ3v) is 3.12. The number of nitrogens with one attached hydrogen (secondary N) is 2. The summed E-state index contributed by atoms with van der Waals surface area (Å²) in [5, 5.41) is 15.9. The maximum absolute atomic E-state index is 11.2. The van der Waals surface area contributed by atoms with Gasteiger partial charge in [0, 0.05) is 11.4 Å². The maximum Gasteiger partial charge on any atom is 0.234 e. The van der Waals surface area contributed by atoms with E-state index < -0.39 is 0 Å². The smallest absolute Gasteiger partial charge is 0.234 e. The molecule has 2 N–H and O–H groups in total. The molecule has 4 nitrogen and oxygen atoms in total. The van der Waals surface area contributed by atoms with Crippen molar-refractivity contribution in [2.75, 3.05) is 13.1 Å². The second-order valence-corrected chi connectivity index (χ2v) is 4.26. The third kappa shape index (κ3) is 4.01. The van der Waals surface area contributed by atoms with E-state index in [4.69, 9.17) is 5.26 Å². The highest BCUT2D eigenvalue weighted by atomic mass is 32.1. The van der Waals surface area contributed by atoms with E-state index in [-0.39, 0.29) is 19.0 Å². The number of nitrogens with zero attached hydrogens (tertiary/aromatic N) is 1. The molecule has 0 bridgehead atoms. The fourth-order valence-electron chi connectivity index (χ4n) is 1.33. The Balaban J connectivity index is 2.25. The number of rotatable bonds is 6. The molecular weight excluding hydrogens is 222 g/mol. The normalized spacial score (nSPS) is 9.75. The predicted octanol–water partition coefficient (Wildman–Crippen LogP) is 1.04. The van der Waals surface area contributed by atoms with Gasteiger partial charge in [-0.2, -0.15) is 5.26 Å². The van der Waals surface area contributed by atoms with Crippen LogP contribution in [0.1, 0.15) is 17.4 Å². The molecule has 1 aromatic heterocycles. The van der Waals surface area contributed by atoms with Crippen molar-refractivity contribution in [1.29, 1.82) is 5.26 Å². The Hall–Kier alpha value is -1.38. The number of hydrogen-bond donors (Lipinski definition) is 2. The summed E-state index contributed by atoms with van der Waals surface area (Å²) in [6, 6.07) is 3.97. The minimum atomic E-state index is -0.142. The summed E-state index contributed by atoms with van der Waals surface area (Å²) in [4.78, 5) is 12.4. The third-order valence-electron chi connectivity index (χ3n) is 2.15. The highest BCUT2D eigenvalue weighted by molar-refractivity contribution is 7.10. The first-order valence-corrected chi connectivity index (χ1v) is 6.05. The molecule has 16 heavy (non-hydrogen) atoms. The van der Waals surface area contributed by atoms with Crippen molar-refractivity contribution in [2.24, 2.45) is 0 Å². The van der Waals surface area contributed by atoms with Crippen LogP contribution in [0.25, 0.3) is 0 Å². The lowest BCUT2D eigenvalue weighted by atomic mass is 10.2. The predicted molar refractivity (Wildman–Crippen MR) is 64.0 cm³/mol. The first-order chi connectivity index (χ1) is 7.77. The fraction of sp³-hybridized carbons (Fsp3) is 0.455. The fourth-order valence-corrected chi connectivity index (χ4v) is 2.27. The molecule has 1 amide bonds. The maximum atomic E-state index is 11.2. The van der Waals surface area contributed by atoms with Crippen LogP contribution in [0.3, 0.4) is 0 Å². The van der Waals surface area contributed by atoms with Crippen LogP contribution in [-0.2, 0) is 17.8 Å². The molecule has 5 heteroatoms. The van der Waals surface area contributed by atoms with Crippen LogP contribution in [-0.4, -0.2) is 19.0 Å².